The van der Waals surface area contributed by atoms with Gasteiger partial charge >= 0.3 is 0 Å². The zero-order valence-electron chi connectivity index (χ0n) is 12.5. The lowest BCUT2D eigenvalue weighted by molar-refractivity contribution is 0.324. The van der Waals surface area contributed by atoms with Crippen molar-refractivity contribution in [1.29, 1.82) is 0 Å². The lowest BCUT2D eigenvalue weighted by Gasteiger charge is -2.12. The third-order valence-corrected chi connectivity index (χ3v) is 3.49. The maximum Gasteiger partial charge on any atom is 0.203 e. The number of halogens is 1. The van der Waals surface area contributed by atoms with Crippen LogP contribution in [0, 0.1) is 0 Å². The van der Waals surface area contributed by atoms with Crippen molar-refractivity contribution in [1.82, 2.24) is 0 Å². The molecular weight excluding hydrogens is 350 g/mol. The lowest BCUT2D eigenvalue weighted by Crippen LogP contribution is -1.94. The number of methoxy groups -OCH3 is 3. The molecular formula is C16H16BrNO4. The van der Waals surface area contributed by atoms with E-state index < -0.39 is 0 Å². The first-order chi connectivity index (χ1) is 10.6. The summed E-state index contributed by atoms with van der Waals surface area (Å²) in [5.74, 6) is 1.70. The van der Waals surface area contributed by atoms with E-state index >= 15 is 0 Å². The Labute approximate surface area is 137 Å². The van der Waals surface area contributed by atoms with E-state index in [4.69, 9.17) is 14.2 Å². The van der Waals surface area contributed by atoms with Gasteiger partial charge in [0.25, 0.3) is 0 Å². The predicted molar refractivity (Wildman–Crippen MR) is 89.2 cm³/mol. The van der Waals surface area contributed by atoms with Gasteiger partial charge in [-0.05, 0) is 18.2 Å². The fourth-order valence-electron chi connectivity index (χ4n) is 1.91. The minimum Gasteiger partial charge on any atom is -0.507 e. The summed E-state index contributed by atoms with van der Waals surface area (Å²) in [5, 5.41) is 9.82. The van der Waals surface area contributed by atoms with Crippen LogP contribution in [0.1, 0.15) is 5.56 Å². The highest BCUT2D eigenvalue weighted by Crippen LogP contribution is 2.40. The normalized spacial score (nSPS) is 10.7. The summed E-state index contributed by atoms with van der Waals surface area (Å²) < 4.78 is 16.7. The third-order valence-electron chi connectivity index (χ3n) is 2.99. The number of aromatic hydroxyl groups is 1. The molecule has 22 heavy (non-hydrogen) atoms. The molecule has 0 fully saturated rings. The van der Waals surface area contributed by atoms with E-state index in [2.05, 4.69) is 20.9 Å². The van der Waals surface area contributed by atoms with E-state index in [1.807, 2.05) is 0 Å². The smallest absolute Gasteiger partial charge is 0.203 e. The Morgan fingerprint density at radius 2 is 1.64 bits per heavy atom. The first-order valence-corrected chi connectivity index (χ1v) is 7.21. The molecule has 0 atom stereocenters. The summed E-state index contributed by atoms with van der Waals surface area (Å²) in [6.07, 6.45) is 1.57. The van der Waals surface area contributed by atoms with E-state index in [9.17, 15) is 5.11 Å². The molecule has 0 heterocycles. The molecule has 6 heteroatoms. The fourth-order valence-corrected chi connectivity index (χ4v) is 2.29. The van der Waals surface area contributed by atoms with Gasteiger partial charge in [-0.2, -0.15) is 0 Å². The molecule has 1 N–H and O–H groups in total. The average molecular weight is 366 g/mol. The highest BCUT2D eigenvalue weighted by molar-refractivity contribution is 9.10. The van der Waals surface area contributed by atoms with Gasteiger partial charge in [0.1, 0.15) is 5.75 Å². The van der Waals surface area contributed by atoms with Crippen LogP contribution in [0.25, 0.3) is 0 Å². The minimum atomic E-state index is 0.152. The van der Waals surface area contributed by atoms with Crippen LogP contribution in [-0.2, 0) is 0 Å². The van der Waals surface area contributed by atoms with Crippen LogP contribution in [-0.4, -0.2) is 32.7 Å². The molecule has 0 saturated carbocycles. The second-order valence-corrected chi connectivity index (χ2v) is 5.26. The van der Waals surface area contributed by atoms with E-state index in [1.54, 1.807) is 57.9 Å². The maximum absolute atomic E-state index is 9.82. The minimum absolute atomic E-state index is 0.152. The molecule has 0 aliphatic carbocycles. The molecule has 2 aromatic carbocycles. The molecule has 0 aromatic heterocycles. The number of phenolic OH excluding ortho intramolecular Hbond substituents is 1. The number of rotatable bonds is 5. The van der Waals surface area contributed by atoms with Crippen molar-refractivity contribution in [3.05, 3.63) is 40.4 Å². The zero-order chi connectivity index (χ0) is 16.1. The van der Waals surface area contributed by atoms with Gasteiger partial charge in [0.2, 0.25) is 5.75 Å². The fraction of sp³-hybridized carbons (Fsp3) is 0.188. The van der Waals surface area contributed by atoms with Gasteiger partial charge in [0, 0.05) is 28.4 Å². The summed E-state index contributed by atoms with van der Waals surface area (Å²) in [6.45, 7) is 0. The highest BCUT2D eigenvalue weighted by atomic mass is 79.9. The van der Waals surface area contributed by atoms with Gasteiger partial charge in [0.05, 0.1) is 27.0 Å². The molecule has 2 rings (SSSR count). The topological polar surface area (TPSA) is 60.3 Å². The van der Waals surface area contributed by atoms with Crippen molar-refractivity contribution in [3.8, 4) is 23.0 Å². The second-order valence-electron chi connectivity index (χ2n) is 4.34. The number of aliphatic imine (C=N–C) groups is 1. The monoisotopic (exact) mass is 365 g/mol. The summed E-state index contributed by atoms with van der Waals surface area (Å²) in [6, 6.07) is 8.59. The summed E-state index contributed by atoms with van der Waals surface area (Å²) >= 11 is 3.36. The zero-order valence-corrected chi connectivity index (χ0v) is 14.0. The molecule has 5 nitrogen and oxygen atoms in total. The van der Waals surface area contributed by atoms with Gasteiger partial charge in [0.15, 0.2) is 11.5 Å². The third kappa shape index (κ3) is 3.51. The molecule has 0 aliphatic rings. The number of phenols is 1. The van der Waals surface area contributed by atoms with E-state index in [0.29, 0.717) is 28.5 Å². The molecule has 0 radical (unpaired) electrons. The number of ether oxygens (including phenoxy) is 3. The van der Waals surface area contributed by atoms with Crippen LogP contribution < -0.4 is 14.2 Å². The Hall–Kier alpha value is -2.21. The van der Waals surface area contributed by atoms with Gasteiger partial charge in [-0.1, -0.05) is 15.9 Å². The molecule has 0 spiro atoms. The summed E-state index contributed by atoms with van der Waals surface area (Å²) in [7, 11) is 4.64. The Morgan fingerprint density at radius 1 is 1.00 bits per heavy atom. The maximum atomic E-state index is 9.82. The Morgan fingerprint density at radius 3 is 2.18 bits per heavy atom. The molecule has 0 aliphatic heterocycles. The van der Waals surface area contributed by atoms with E-state index in [1.165, 1.54) is 0 Å². The number of benzene rings is 2. The van der Waals surface area contributed by atoms with Crippen molar-refractivity contribution in [3.63, 3.8) is 0 Å². The molecule has 0 bridgehead atoms. The molecule has 0 amide bonds. The predicted octanol–water partition coefficient (Wildman–Crippen LogP) is 3.93. The van der Waals surface area contributed by atoms with E-state index in [-0.39, 0.29) is 5.75 Å². The van der Waals surface area contributed by atoms with E-state index in [0.717, 1.165) is 4.47 Å². The number of nitrogens with zero attached hydrogens (tertiary/aromatic N) is 1. The Kier molecular flexibility index (Phi) is 5.27. The van der Waals surface area contributed by atoms with Crippen molar-refractivity contribution >= 4 is 27.8 Å². The Balaban J connectivity index is 2.40. The van der Waals surface area contributed by atoms with Crippen LogP contribution >= 0.6 is 15.9 Å². The van der Waals surface area contributed by atoms with Crippen molar-refractivity contribution in [2.45, 2.75) is 0 Å². The van der Waals surface area contributed by atoms with Crippen molar-refractivity contribution in [2.24, 2.45) is 4.99 Å². The quantitative estimate of drug-likeness (QED) is 0.815. The molecule has 0 saturated heterocycles. The van der Waals surface area contributed by atoms with Gasteiger partial charge in [-0.3, -0.25) is 4.99 Å². The van der Waals surface area contributed by atoms with Crippen LogP contribution in [0.3, 0.4) is 0 Å². The average Bonchev–Trinajstić information content (AvgIpc) is 2.54. The highest BCUT2D eigenvalue weighted by Gasteiger charge is 2.12. The SMILES string of the molecule is COc1cc(N=Cc2cc(Br)ccc2O)cc(OC)c1OC. The van der Waals surface area contributed by atoms with Crippen molar-refractivity contribution < 1.29 is 19.3 Å². The first-order valence-electron chi connectivity index (χ1n) is 6.41. The number of hydrogen-bond donors (Lipinski definition) is 1. The van der Waals surface area contributed by atoms with Crippen LogP contribution in [0.4, 0.5) is 5.69 Å². The molecule has 2 aromatic rings. The first kappa shape index (κ1) is 16.2. The van der Waals surface area contributed by atoms with Crippen LogP contribution in [0.15, 0.2) is 39.8 Å². The van der Waals surface area contributed by atoms with Crippen LogP contribution in [0.5, 0.6) is 23.0 Å². The standard InChI is InChI=1S/C16H16BrNO4/c1-20-14-7-12(8-15(21-2)16(14)22-3)18-9-10-6-11(17)4-5-13(10)19/h4-9,19H,1-3H3. The van der Waals surface area contributed by atoms with Crippen molar-refractivity contribution in [2.75, 3.05) is 21.3 Å². The van der Waals surface area contributed by atoms with Crippen LogP contribution in [0.2, 0.25) is 0 Å². The second kappa shape index (κ2) is 7.17. The lowest BCUT2D eigenvalue weighted by atomic mass is 10.2. The van der Waals surface area contributed by atoms with Gasteiger partial charge in [-0.15, -0.1) is 0 Å². The summed E-state index contributed by atoms with van der Waals surface area (Å²) in [5.41, 5.74) is 1.22. The molecule has 0 unspecified atom stereocenters. The summed E-state index contributed by atoms with van der Waals surface area (Å²) in [4.78, 5) is 4.35. The molecule has 116 valence electrons. The van der Waals surface area contributed by atoms with Gasteiger partial charge in [-0.25, -0.2) is 0 Å². The Bertz CT molecular complexity index is 676. The van der Waals surface area contributed by atoms with Gasteiger partial charge < -0.3 is 19.3 Å². The number of hydrogen-bond acceptors (Lipinski definition) is 5. The largest absolute Gasteiger partial charge is 0.507 e.